The Labute approximate surface area is 194 Å². The molecule has 4 heterocycles. The number of nitrogens with zero attached hydrogens (tertiary/aromatic N) is 6. The van der Waals surface area contributed by atoms with Crippen molar-refractivity contribution in [2.24, 2.45) is 0 Å². The third kappa shape index (κ3) is 4.06. The second kappa shape index (κ2) is 8.30. The van der Waals surface area contributed by atoms with Crippen LogP contribution < -0.4 is 5.32 Å². The van der Waals surface area contributed by atoms with Gasteiger partial charge < -0.3 is 15.3 Å². The number of benzene rings is 1. The maximum Gasteiger partial charge on any atom is 0.258 e. The molecule has 0 radical (unpaired) electrons. The second-order valence-electron chi connectivity index (χ2n) is 7.84. The van der Waals surface area contributed by atoms with E-state index in [1.807, 2.05) is 30.5 Å². The van der Waals surface area contributed by atoms with Crippen molar-refractivity contribution in [2.75, 3.05) is 18.9 Å². The Kier molecular flexibility index (Phi) is 5.31. The maximum atomic E-state index is 12.5. The largest absolute Gasteiger partial charge is 0.375 e. The summed E-state index contributed by atoms with van der Waals surface area (Å²) in [5.74, 6) is 1.39. The molecule has 166 valence electrons. The number of likely N-dealkylation sites (tertiary alicyclic amines) is 1. The SMILES string of the molecule is Cc1nccc(Nc2nccc(-c3csc(-c4cccc(C5(O)CCN(C)C5=O)c4)n3)n2)n1. The van der Waals surface area contributed by atoms with Crippen LogP contribution in [-0.4, -0.2) is 54.4 Å². The van der Waals surface area contributed by atoms with Crippen molar-refractivity contribution >= 4 is 29.0 Å². The summed E-state index contributed by atoms with van der Waals surface area (Å²) in [4.78, 5) is 36.0. The number of anilines is 2. The molecule has 10 heteroatoms. The molecule has 0 saturated carbocycles. The minimum Gasteiger partial charge on any atom is -0.375 e. The molecular weight excluding hydrogens is 438 g/mol. The highest BCUT2D eigenvalue weighted by Gasteiger charge is 2.45. The van der Waals surface area contributed by atoms with Crippen LogP contribution in [-0.2, 0) is 10.4 Å². The number of carbonyl (C=O) groups is 1. The van der Waals surface area contributed by atoms with Gasteiger partial charge >= 0.3 is 0 Å². The predicted molar refractivity (Wildman–Crippen MR) is 125 cm³/mol. The molecule has 9 nitrogen and oxygen atoms in total. The molecule has 1 aromatic carbocycles. The summed E-state index contributed by atoms with van der Waals surface area (Å²) in [6.07, 6.45) is 3.70. The molecule has 5 rings (SSSR count). The lowest BCUT2D eigenvalue weighted by molar-refractivity contribution is -0.143. The number of nitrogens with one attached hydrogen (secondary N) is 1. The molecule has 4 aromatic rings. The molecule has 1 fully saturated rings. The first-order valence-corrected chi connectivity index (χ1v) is 11.2. The number of rotatable bonds is 5. The minimum absolute atomic E-state index is 0.278. The number of carbonyl (C=O) groups excluding carboxylic acids is 1. The summed E-state index contributed by atoms with van der Waals surface area (Å²) in [6.45, 7) is 2.34. The number of amides is 1. The summed E-state index contributed by atoms with van der Waals surface area (Å²) in [7, 11) is 1.70. The van der Waals surface area contributed by atoms with Crippen LogP contribution in [0.25, 0.3) is 22.0 Å². The van der Waals surface area contributed by atoms with E-state index in [4.69, 9.17) is 4.98 Å². The van der Waals surface area contributed by atoms with Gasteiger partial charge in [0.05, 0.1) is 5.69 Å². The third-order valence-corrected chi connectivity index (χ3v) is 6.43. The van der Waals surface area contributed by atoms with Crippen molar-refractivity contribution in [1.29, 1.82) is 0 Å². The Morgan fingerprint density at radius 2 is 1.94 bits per heavy atom. The van der Waals surface area contributed by atoms with E-state index in [0.717, 1.165) is 10.6 Å². The smallest absolute Gasteiger partial charge is 0.258 e. The molecule has 1 unspecified atom stereocenters. The monoisotopic (exact) mass is 459 g/mol. The van der Waals surface area contributed by atoms with Gasteiger partial charge in [-0.05, 0) is 30.7 Å². The number of aliphatic hydroxyl groups is 1. The first-order valence-electron chi connectivity index (χ1n) is 10.4. The third-order valence-electron chi connectivity index (χ3n) is 5.53. The van der Waals surface area contributed by atoms with Crippen LogP contribution in [0.2, 0.25) is 0 Å². The fourth-order valence-electron chi connectivity index (χ4n) is 3.76. The summed E-state index contributed by atoms with van der Waals surface area (Å²) >= 11 is 1.47. The second-order valence-corrected chi connectivity index (χ2v) is 8.69. The van der Waals surface area contributed by atoms with Crippen molar-refractivity contribution in [2.45, 2.75) is 18.9 Å². The van der Waals surface area contributed by atoms with Gasteiger partial charge in [0.2, 0.25) is 5.95 Å². The van der Waals surface area contributed by atoms with Gasteiger partial charge in [-0.2, -0.15) is 0 Å². The van der Waals surface area contributed by atoms with Crippen LogP contribution >= 0.6 is 11.3 Å². The molecule has 2 N–H and O–H groups in total. The molecule has 0 aliphatic carbocycles. The van der Waals surface area contributed by atoms with Gasteiger partial charge in [-0.3, -0.25) is 4.79 Å². The summed E-state index contributed by atoms with van der Waals surface area (Å²) in [5, 5.41) is 16.8. The van der Waals surface area contributed by atoms with Crippen LogP contribution in [0.4, 0.5) is 11.8 Å². The van der Waals surface area contributed by atoms with E-state index in [2.05, 4.69) is 25.3 Å². The van der Waals surface area contributed by atoms with Crippen molar-refractivity contribution in [3.8, 4) is 22.0 Å². The van der Waals surface area contributed by atoms with Gasteiger partial charge in [0, 0.05) is 43.4 Å². The highest BCUT2D eigenvalue weighted by Crippen LogP contribution is 2.36. The summed E-state index contributed by atoms with van der Waals surface area (Å²) in [5.41, 5.74) is 1.31. The van der Waals surface area contributed by atoms with Crippen molar-refractivity contribution in [1.82, 2.24) is 29.8 Å². The van der Waals surface area contributed by atoms with Crippen LogP contribution in [0.15, 0.2) is 54.2 Å². The lowest BCUT2D eigenvalue weighted by Crippen LogP contribution is -2.36. The molecule has 1 aliphatic rings. The van der Waals surface area contributed by atoms with Gasteiger partial charge in [-0.25, -0.2) is 24.9 Å². The van der Waals surface area contributed by atoms with Crippen molar-refractivity contribution in [3.05, 3.63) is 65.6 Å². The number of likely N-dealkylation sites (N-methyl/N-ethyl adjacent to an activating group) is 1. The Morgan fingerprint density at radius 1 is 1.09 bits per heavy atom. The Morgan fingerprint density at radius 3 is 2.73 bits per heavy atom. The zero-order chi connectivity index (χ0) is 23.0. The molecular formula is C23H21N7O2S. The molecule has 1 atom stereocenters. The number of hydrogen-bond acceptors (Lipinski definition) is 9. The molecule has 0 bridgehead atoms. The average Bonchev–Trinajstić information content (AvgIpc) is 3.42. The lowest BCUT2D eigenvalue weighted by Gasteiger charge is -2.21. The van der Waals surface area contributed by atoms with E-state index >= 15 is 0 Å². The molecule has 1 aliphatic heterocycles. The number of aromatic nitrogens is 5. The highest BCUT2D eigenvalue weighted by atomic mass is 32.1. The van der Waals surface area contributed by atoms with Gasteiger partial charge in [-0.15, -0.1) is 11.3 Å². The summed E-state index contributed by atoms with van der Waals surface area (Å²) < 4.78 is 0. The van der Waals surface area contributed by atoms with E-state index in [-0.39, 0.29) is 5.91 Å². The van der Waals surface area contributed by atoms with E-state index in [1.54, 1.807) is 42.5 Å². The first kappa shape index (κ1) is 21.1. The van der Waals surface area contributed by atoms with Crippen molar-refractivity contribution < 1.29 is 9.90 Å². The molecule has 33 heavy (non-hydrogen) atoms. The lowest BCUT2D eigenvalue weighted by atomic mass is 9.91. The summed E-state index contributed by atoms with van der Waals surface area (Å²) in [6, 6.07) is 10.9. The fourth-order valence-corrected chi connectivity index (χ4v) is 4.57. The van der Waals surface area contributed by atoms with Crippen LogP contribution in [0.3, 0.4) is 0 Å². The molecule has 0 spiro atoms. The highest BCUT2D eigenvalue weighted by molar-refractivity contribution is 7.13. The van der Waals surface area contributed by atoms with E-state index in [0.29, 0.717) is 47.5 Å². The minimum atomic E-state index is -1.49. The normalized spacial score (nSPS) is 18.0. The molecule has 3 aromatic heterocycles. The van der Waals surface area contributed by atoms with Crippen LogP contribution in [0.5, 0.6) is 0 Å². The topological polar surface area (TPSA) is 117 Å². The number of aryl methyl sites for hydroxylation is 1. The number of hydrogen-bond donors (Lipinski definition) is 2. The maximum absolute atomic E-state index is 12.5. The zero-order valence-electron chi connectivity index (χ0n) is 18.1. The Hall–Kier alpha value is -3.76. The zero-order valence-corrected chi connectivity index (χ0v) is 18.9. The standard InChI is InChI=1S/C23H21N7O2S/c1-14-24-10-7-19(26-14)29-22-25-9-6-17(28-22)18-13-33-20(27-18)15-4-3-5-16(12-15)23(32)8-11-30(2)21(23)31/h3-7,9-10,12-13,32H,8,11H2,1-2H3,(H,24,25,26,28,29). The Balaban J connectivity index is 1.41. The van der Waals surface area contributed by atoms with Crippen LogP contribution in [0.1, 0.15) is 17.8 Å². The molecule has 1 saturated heterocycles. The first-order chi connectivity index (χ1) is 15.9. The van der Waals surface area contributed by atoms with Crippen molar-refractivity contribution in [3.63, 3.8) is 0 Å². The van der Waals surface area contributed by atoms with Crippen LogP contribution in [0, 0.1) is 6.92 Å². The molecule has 1 amide bonds. The van der Waals surface area contributed by atoms with Gasteiger partial charge in [0.25, 0.3) is 5.91 Å². The fraction of sp³-hybridized carbons (Fsp3) is 0.217. The quantitative estimate of drug-likeness (QED) is 0.467. The van der Waals surface area contributed by atoms with Gasteiger partial charge in [0.15, 0.2) is 5.60 Å². The Bertz CT molecular complexity index is 1340. The average molecular weight is 460 g/mol. The van der Waals surface area contributed by atoms with E-state index in [9.17, 15) is 9.90 Å². The van der Waals surface area contributed by atoms with E-state index < -0.39 is 5.60 Å². The van der Waals surface area contributed by atoms with E-state index in [1.165, 1.54) is 11.3 Å². The predicted octanol–water partition coefficient (Wildman–Crippen LogP) is 3.16. The van der Waals surface area contributed by atoms with Gasteiger partial charge in [0.1, 0.15) is 22.3 Å². The number of thiazole rings is 1. The van der Waals surface area contributed by atoms with Gasteiger partial charge in [-0.1, -0.05) is 18.2 Å².